The maximum atomic E-state index is 10.9. The summed E-state index contributed by atoms with van der Waals surface area (Å²) in [5, 5.41) is 0. The zero-order valence-electron chi connectivity index (χ0n) is 20.3. The molecular formula is C26H38N4O4. The van der Waals surface area contributed by atoms with E-state index in [1.165, 1.54) is 6.42 Å². The van der Waals surface area contributed by atoms with Crippen LogP contribution in [0.25, 0.3) is 0 Å². The molecule has 8 heteroatoms. The smallest absolute Gasteiger partial charge is 0.211 e. The average molecular weight is 471 g/mol. The summed E-state index contributed by atoms with van der Waals surface area (Å²) in [6.45, 7) is 2.01. The van der Waals surface area contributed by atoms with Crippen molar-refractivity contribution in [3.05, 3.63) is 0 Å². The molecule has 0 aliphatic heterocycles. The lowest BCUT2D eigenvalue weighted by Gasteiger charge is -2.58. The molecule has 0 aromatic carbocycles. The predicted octanol–water partition coefficient (Wildman–Crippen LogP) is 5.02. The average Bonchev–Trinajstić information content (AvgIpc) is 2.85. The molecule has 2 rings (SSSR count). The number of hydrogen-bond donors (Lipinski definition) is 0. The van der Waals surface area contributed by atoms with E-state index in [2.05, 4.69) is 20.0 Å². The fourth-order valence-corrected chi connectivity index (χ4v) is 7.07. The lowest BCUT2D eigenvalue weighted by molar-refractivity contribution is -0.0766. The van der Waals surface area contributed by atoms with Crippen molar-refractivity contribution in [2.45, 2.75) is 89.9 Å². The molecule has 2 fully saturated rings. The highest BCUT2D eigenvalue weighted by molar-refractivity contribution is 5.33. The van der Waals surface area contributed by atoms with Gasteiger partial charge in [0.2, 0.25) is 24.3 Å². The quantitative estimate of drug-likeness (QED) is 0.190. The summed E-state index contributed by atoms with van der Waals surface area (Å²) in [4.78, 5) is 57.8. The van der Waals surface area contributed by atoms with Crippen LogP contribution in [0.1, 0.15) is 89.9 Å². The van der Waals surface area contributed by atoms with Gasteiger partial charge < -0.3 is 0 Å². The Morgan fingerprint density at radius 1 is 0.588 bits per heavy atom. The zero-order valence-corrected chi connectivity index (χ0v) is 20.3. The fraction of sp³-hybridized carbons (Fsp3) is 0.846. The number of aliphatic imine (C=N–C) groups is 4. The molecule has 0 aromatic rings. The molecule has 186 valence electrons. The zero-order chi connectivity index (χ0) is 24.5. The largest absolute Gasteiger partial charge is 0.234 e. The van der Waals surface area contributed by atoms with E-state index in [0.717, 1.165) is 83.5 Å². The van der Waals surface area contributed by atoms with Crippen LogP contribution >= 0.6 is 0 Å². The highest BCUT2D eigenvalue weighted by atomic mass is 16.1. The van der Waals surface area contributed by atoms with E-state index in [1.54, 1.807) is 24.3 Å². The van der Waals surface area contributed by atoms with Gasteiger partial charge in [0.1, 0.15) is 0 Å². The van der Waals surface area contributed by atoms with Crippen molar-refractivity contribution in [3.8, 4) is 0 Å². The summed E-state index contributed by atoms with van der Waals surface area (Å²) >= 11 is 0. The van der Waals surface area contributed by atoms with Crippen LogP contribution in [0.5, 0.6) is 0 Å². The summed E-state index contributed by atoms with van der Waals surface area (Å²) in [7, 11) is 0. The van der Waals surface area contributed by atoms with Crippen molar-refractivity contribution in [3.63, 3.8) is 0 Å². The third-order valence-corrected chi connectivity index (χ3v) is 8.44. The Morgan fingerprint density at radius 3 is 1.71 bits per heavy atom. The first-order chi connectivity index (χ1) is 16.6. The van der Waals surface area contributed by atoms with Gasteiger partial charge in [-0.3, -0.25) is 0 Å². The maximum Gasteiger partial charge on any atom is 0.234 e. The minimum absolute atomic E-state index is 0.0473. The Bertz CT molecular complexity index is 823. The Hall–Kier alpha value is -2.48. The van der Waals surface area contributed by atoms with Crippen molar-refractivity contribution in [2.75, 3.05) is 26.2 Å². The molecule has 4 atom stereocenters. The van der Waals surface area contributed by atoms with Crippen LogP contribution in [0.3, 0.4) is 0 Å². The predicted molar refractivity (Wildman–Crippen MR) is 128 cm³/mol. The minimum atomic E-state index is 0.0473. The van der Waals surface area contributed by atoms with Gasteiger partial charge in [-0.15, -0.1) is 0 Å². The molecule has 2 aliphatic carbocycles. The van der Waals surface area contributed by atoms with E-state index >= 15 is 0 Å². The summed E-state index contributed by atoms with van der Waals surface area (Å²) in [6, 6.07) is 0. The summed E-state index contributed by atoms with van der Waals surface area (Å²) in [5.74, 6) is 1.05. The third kappa shape index (κ3) is 8.08. The second-order valence-corrected chi connectivity index (χ2v) is 10.2. The molecule has 4 unspecified atom stereocenters. The maximum absolute atomic E-state index is 10.9. The molecule has 0 aromatic heterocycles. The lowest BCUT2D eigenvalue weighted by atomic mass is 9.47. The molecule has 34 heavy (non-hydrogen) atoms. The first-order valence-electron chi connectivity index (χ1n) is 12.8. The van der Waals surface area contributed by atoms with E-state index in [0.29, 0.717) is 38.0 Å². The number of isocyanates is 4. The van der Waals surface area contributed by atoms with Crippen LogP contribution in [-0.4, -0.2) is 50.5 Å². The molecule has 2 saturated carbocycles. The SMILES string of the molecule is O=C=NCCCC1CCCC(CCCN=C=O)(C2(CCN=C=O)CCCC(CCN=C=O)C2)C1. The molecule has 0 radical (unpaired) electrons. The number of carbonyl (C=O) groups excluding carboxylic acids is 4. The summed E-state index contributed by atoms with van der Waals surface area (Å²) in [5.41, 5.74) is 0.138. The molecule has 0 heterocycles. The van der Waals surface area contributed by atoms with E-state index in [9.17, 15) is 19.2 Å². The molecule has 0 bridgehead atoms. The minimum Gasteiger partial charge on any atom is -0.211 e. The highest BCUT2D eigenvalue weighted by Gasteiger charge is 2.53. The standard InChI is InChI=1S/C26H38N4O4/c31-19-27-13-3-7-23-5-1-9-25(17-23,11-4-14-28-20-32)26(12-16-30-22-34)10-2-6-24(18-26)8-15-29-21-33/h23-24H,1-18H2. The topological polar surface area (TPSA) is 118 Å². The van der Waals surface area contributed by atoms with Gasteiger partial charge in [-0.2, -0.15) is 0 Å². The Labute approximate surface area is 202 Å². The number of nitrogens with zero attached hydrogens (tertiary/aromatic N) is 4. The van der Waals surface area contributed by atoms with E-state index in [1.807, 2.05) is 0 Å². The van der Waals surface area contributed by atoms with Crippen molar-refractivity contribution in [1.29, 1.82) is 0 Å². The van der Waals surface area contributed by atoms with Gasteiger partial charge in [-0.25, -0.2) is 39.1 Å². The van der Waals surface area contributed by atoms with E-state index in [-0.39, 0.29) is 10.8 Å². The Kier molecular flexibility index (Phi) is 12.6. The van der Waals surface area contributed by atoms with Crippen LogP contribution in [0, 0.1) is 22.7 Å². The van der Waals surface area contributed by atoms with Crippen LogP contribution < -0.4 is 0 Å². The summed E-state index contributed by atoms with van der Waals surface area (Å²) in [6.07, 6.45) is 21.1. The van der Waals surface area contributed by atoms with Crippen molar-refractivity contribution >= 4 is 24.3 Å². The van der Waals surface area contributed by atoms with Crippen LogP contribution in [-0.2, 0) is 19.2 Å². The number of hydrogen-bond acceptors (Lipinski definition) is 8. The van der Waals surface area contributed by atoms with Crippen LogP contribution in [0.4, 0.5) is 0 Å². The van der Waals surface area contributed by atoms with Gasteiger partial charge >= 0.3 is 0 Å². The van der Waals surface area contributed by atoms with Gasteiger partial charge in [0.05, 0.1) is 26.2 Å². The number of rotatable bonds is 15. The fourth-order valence-electron chi connectivity index (χ4n) is 7.07. The van der Waals surface area contributed by atoms with Gasteiger partial charge in [0, 0.05) is 0 Å². The molecule has 0 saturated heterocycles. The third-order valence-electron chi connectivity index (χ3n) is 8.44. The van der Waals surface area contributed by atoms with Gasteiger partial charge in [0.15, 0.2) is 0 Å². The first kappa shape index (κ1) is 27.8. The highest BCUT2D eigenvalue weighted by Crippen LogP contribution is 2.63. The molecule has 0 N–H and O–H groups in total. The second kappa shape index (κ2) is 15.4. The van der Waals surface area contributed by atoms with Gasteiger partial charge in [-0.05, 0) is 86.9 Å². The lowest BCUT2D eigenvalue weighted by Crippen LogP contribution is -2.48. The van der Waals surface area contributed by atoms with Crippen molar-refractivity contribution < 1.29 is 19.2 Å². The molecular weight excluding hydrogens is 432 g/mol. The molecule has 2 aliphatic rings. The van der Waals surface area contributed by atoms with E-state index < -0.39 is 0 Å². The Balaban J connectivity index is 2.32. The van der Waals surface area contributed by atoms with E-state index in [4.69, 9.17) is 0 Å². The normalized spacial score (nSPS) is 28.5. The molecule has 0 spiro atoms. The monoisotopic (exact) mass is 470 g/mol. The van der Waals surface area contributed by atoms with Gasteiger partial charge in [-0.1, -0.05) is 25.7 Å². The van der Waals surface area contributed by atoms with Crippen molar-refractivity contribution in [2.24, 2.45) is 42.6 Å². The molecule has 0 amide bonds. The second-order valence-electron chi connectivity index (χ2n) is 10.2. The van der Waals surface area contributed by atoms with Crippen LogP contribution in [0.2, 0.25) is 0 Å². The van der Waals surface area contributed by atoms with Crippen molar-refractivity contribution in [1.82, 2.24) is 0 Å². The Morgan fingerprint density at radius 2 is 1.09 bits per heavy atom. The molecule has 8 nitrogen and oxygen atoms in total. The van der Waals surface area contributed by atoms with Gasteiger partial charge in [0.25, 0.3) is 0 Å². The summed E-state index contributed by atoms with van der Waals surface area (Å²) < 4.78 is 0. The first-order valence-corrected chi connectivity index (χ1v) is 12.8. The van der Waals surface area contributed by atoms with Crippen LogP contribution in [0.15, 0.2) is 20.0 Å².